The molecule has 2 heterocycles. The highest BCUT2D eigenvalue weighted by atomic mass is 16.1. The smallest absolute Gasteiger partial charge is 0.181 e. The van der Waals surface area contributed by atoms with Crippen LogP contribution >= 0.6 is 0 Å². The molecule has 0 unspecified atom stereocenters. The van der Waals surface area contributed by atoms with E-state index in [0.717, 1.165) is 5.56 Å². The Morgan fingerprint density at radius 3 is 2.76 bits per heavy atom. The van der Waals surface area contributed by atoms with Gasteiger partial charge in [-0.3, -0.25) is 4.79 Å². The second-order valence-electron chi connectivity index (χ2n) is 3.54. The number of rotatable bonds is 2. The molecule has 0 spiro atoms. The van der Waals surface area contributed by atoms with Gasteiger partial charge in [0.25, 0.3) is 0 Å². The van der Waals surface area contributed by atoms with Crippen LogP contribution in [0.15, 0.2) is 18.5 Å². The van der Waals surface area contributed by atoms with Crippen LogP contribution in [0.1, 0.15) is 28.5 Å². The van der Waals surface area contributed by atoms with Crippen molar-refractivity contribution in [3.63, 3.8) is 0 Å². The molecule has 0 aliphatic rings. The van der Waals surface area contributed by atoms with Crippen LogP contribution in [0.2, 0.25) is 0 Å². The number of carbonyl (C=O) groups is 1. The molecule has 0 radical (unpaired) electrons. The molecule has 0 aromatic carbocycles. The van der Waals surface area contributed by atoms with Crippen molar-refractivity contribution in [2.45, 2.75) is 13.8 Å². The molecule has 6 nitrogen and oxygen atoms in total. The van der Waals surface area contributed by atoms with Gasteiger partial charge < -0.3 is 0 Å². The van der Waals surface area contributed by atoms with E-state index in [1.807, 2.05) is 6.07 Å². The Labute approximate surface area is 97.5 Å². The van der Waals surface area contributed by atoms with Gasteiger partial charge in [0.15, 0.2) is 11.6 Å². The predicted octanol–water partition coefficient (Wildman–Crippen LogP) is 1.04. The van der Waals surface area contributed by atoms with Gasteiger partial charge in [0.2, 0.25) is 0 Å². The lowest BCUT2D eigenvalue weighted by Gasteiger charge is -2.00. The quantitative estimate of drug-likeness (QED) is 0.716. The number of pyridine rings is 1. The predicted molar refractivity (Wildman–Crippen MR) is 58.6 cm³/mol. The van der Waals surface area contributed by atoms with E-state index in [1.165, 1.54) is 24.1 Å². The van der Waals surface area contributed by atoms with E-state index in [-0.39, 0.29) is 11.5 Å². The summed E-state index contributed by atoms with van der Waals surface area (Å²) in [5, 5.41) is 16.7. The normalized spacial score (nSPS) is 9.94. The molecule has 0 aliphatic carbocycles. The van der Waals surface area contributed by atoms with Gasteiger partial charge in [-0.15, -0.1) is 9.90 Å². The first-order valence-corrected chi connectivity index (χ1v) is 4.92. The standard InChI is InChI=1S/C11H9N5O/c1-7-3-11(13-5-9(7)4-12)16-14-6-10(15-16)8(2)17/h3,5-6H,1-2H3. The number of aromatic nitrogens is 4. The minimum Gasteiger partial charge on any atom is -0.293 e. The van der Waals surface area contributed by atoms with Crippen LogP contribution in [-0.2, 0) is 0 Å². The van der Waals surface area contributed by atoms with E-state index < -0.39 is 0 Å². The highest BCUT2D eigenvalue weighted by Crippen LogP contribution is 2.09. The van der Waals surface area contributed by atoms with E-state index in [1.54, 1.807) is 13.0 Å². The summed E-state index contributed by atoms with van der Waals surface area (Å²) in [7, 11) is 0. The third-order valence-corrected chi connectivity index (χ3v) is 2.27. The Hall–Kier alpha value is -2.55. The SMILES string of the molecule is CC(=O)c1cnn(-c2cc(C)c(C#N)cn2)n1. The van der Waals surface area contributed by atoms with Gasteiger partial charge in [0, 0.05) is 13.1 Å². The Morgan fingerprint density at radius 2 is 2.24 bits per heavy atom. The number of nitriles is 1. The van der Waals surface area contributed by atoms with Crippen molar-refractivity contribution in [2.75, 3.05) is 0 Å². The molecule has 0 fully saturated rings. The van der Waals surface area contributed by atoms with E-state index >= 15 is 0 Å². The Bertz CT molecular complexity index is 623. The molecule has 0 amide bonds. The molecular weight excluding hydrogens is 218 g/mol. The Kier molecular flexibility index (Phi) is 2.66. The Morgan fingerprint density at radius 1 is 1.47 bits per heavy atom. The maximum Gasteiger partial charge on any atom is 0.181 e. The minimum absolute atomic E-state index is 0.151. The van der Waals surface area contributed by atoms with Gasteiger partial charge in [-0.05, 0) is 18.6 Å². The van der Waals surface area contributed by atoms with Crippen molar-refractivity contribution in [1.82, 2.24) is 20.0 Å². The largest absolute Gasteiger partial charge is 0.293 e. The van der Waals surface area contributed by atoms with E-state index in [2.05, 4.69) is 15.2 Å². The second-order valence-corrected chi connectivity index (χ2v) is 3.54. The molecule has 0 saturated carbocycles. The zero-order valence-corrected chi connectivity index (χ0v) is 9.38. The topological polar surface area (TPSA) is 84.5 Å². The molecular formula is C11H9N5O. The highest BCUT2D eigenvalue weighted by Gasteiger charge is 2.08. The monoisotopic (exact) mass is 227 g/mol. The summed E-state index contributed by atoms with van der Waals surface area (Å²) in [4.78, 5) is 16.4. The van der Waals surface area contributed by atoms with Crippen molar-refractivity contribution < 1.29 is 4.79 Å². The number of hydrogen-bond acceptors (Lipinski definition) is 5. The first-order chi connectivity index (χ1) is 8.11. The molecule has 0 aliphatic heterocycles. The number of nitrogens with zero attached hydrogens (tertiary/aromatic N) is 5. The average molecular weight is 227 g/mol. The van der Waals surface area contributed by atoms with E-state index in [9.17, 15) is 4.79 Å². The lowest BCUT2D eigenvalue weighted by Crippen LogP contribution is -2.04. The lowest BCUT2D eigenvalue weighted by molar-refractivity contribution is 0.101. The van der Waals surface area contributed by atoms with E-state index in [0.29, 0.717) is 11.4 Å². The average Bonchev–Trinajstić information content (AvgIpc) is 2.78. The molecule has 2 rings (SSSR count). The van der Waals surface area contributed by atoms with E-state index in [4.69, 9.17) is 5.26 Å². The molecule has 6 heteroatoms. The molecule has 2 aromatic heterocycles. The fourth-order valence-corrected chi connectivity index (χ4v) is 1.30. The molecule has 0 atom stereocenters. The molecule has 0 saturated heterocycles. The summed E-state index contributed by atoms with van der Waals surface area (Å²) in [6, 6.07) is 3.73. The van der Waals surface area contributed by atoms with Gasteiger partial charge in [0.1, 0.15) is 11.8 Å². The summed E-state index contributed by atoms with van der Waals surface area (Å²) >= 11 is 0. The molecule has 0 bridgehead atoms. The van der Waals surface area contributed by atoms with Gasteiger partial charge in [-0.1, -0.05) is 0 Å². The van der Waals surface area contributed by atoms with Gasteiger partial charge in [-0.25, -0.2) is 4.98 Å². The first-order valence-electron chi connectivity index (χ1n) is 4.92. The van der Waals surface area contributed by atoms with Gasteiger partial charge in [-0.2, -0.15) is 10.4 Å². The molecule has 17 heavy (non-hydrogen) atoms. The van der Waals surface area contributed by atoms with Crippen LogP contribution in [-0.4, -0.2) is 25.8 Å². The zero-order chi connectivity index (χ0) is 12.4. The number of hydrogen-bond donors (Lipinski definition) is 0. The number of carbonyl (C=O) groups excluding carboxylic acids is 1. The van der Waals surface area contributed by atoms with Crippen molar-refractivity contribution in [1.29, 1.82) is 5.26 Å². The van der Waals surface area contributed by atoms with Crippen molar-refractivity contribution in [3.8, 4) is 11.9 Å². The molecule has 2 aromatic rings. The van der Waals surface area contributed by atoms with Crippen molar-refractivity contribution >= 4 is 5.78 Å². The summed E-state index contributed by atoms with van der Waals surface area (Å²) in [6.45, 7) is 3.23. The molecule has 84 valence electrons. The third-order valence-electron chi connectivity index (χ3n) is 2.27. The van der Waals surface area contributed by atoms with Crippen LogP contribution in [0.25, 0.3) is 5.82 Å². The lowest BCUT2D eigenvalue weighted by atomic mass is 10.2. The van der Waals surface area contributed by atoms with Crippen LogP contribution in [0, 0.1) is 18.3 Å². The zero-order valence-electron chi connectivity index (χ0n) is 9.38. The number of aryl methyl sites for hydroxylation is 1. The first kappa shape index (κ1) is 11.0. The second kappa shape index (κ2) is 4.14. The fraction of sp³-hybridized carbons (Fsp3) is 0.182. The summed E-state index contributed by atoms with van der Waals surface area (Å²) in [5.74, 6) is 0.329. The minimum atomic E-state index is -0.151. The summed E-state index contributed by atoms with van der Waals surface area (Å²) < 4.78 is 0. The summed E-state index contributed by atoms with van der Waals surface area (Å²) in [6.07, 6.45) is 2.85. The maximum absolute atomic E-state index is 11.1. The Balaban J connectivity index is 2.43. The number of Topliss-reactive ketones (excluding diaryl/α,β-unsaturated/α-hetero) is 1. The van der Waals surface area contributed by atoms with Crippen LogP contribution in [0.5, 0.6) is 0 Å². The van der Waals surface area contributed by atoms with Gasteiger partial charge in [0.05, 0.1) is 11.8 Å². The van der Waals surface area contributed by atoms with Crippen LogP contribution in [0.3, 0.4) is 0 Å². The highest BCUT2D eigenvalue weighted by molar-refractivity contribution is 5.91. The van der Waals surface area contributed by atoms with Crippen molar-refractivity contribution in [3.05, 3.63) is 35.3 Å². The maximum atomic E-state index is 11.1. The third kappa shape index (κ3) is 2.03. The van der Waals surface area contributed by atoms with Crippen LogP contribution < -0.4 is 0 Å². The fourth-order valence-electron chi connectivity index (χ4n) is 1.30. The summed E-state index contributed by atoms with van der Waals surface area (Å²) in [5.41, 5.74) is 1.58. The molecule has 0 N–H and O–H groups in total. The van der Waals surface area contributed by atoms with Crippen molar-refractivity contribution in [2.24, 2.45) is 0 Å². The van der Waals surface area contributed by atoms with Gasteiger partial charge >= 0.3 is 0 Å². The van der Waals surface area contributed by atoms with Crippen LogP contribution in [0.4, 0.5) is 0 Å². The number of ketones is 1.